The highest BCUT2D eigenvalue weighted by Gasteiger charge is 2.24. The third-order valence-electron chi connectivity index (χ3n) is 2.21. The van der Waals surface area contributed by atoms with Gasteiger partial charge in [-0.15, -0.1) is 0 Å². The molecule has 0 heterocycles. The summed E-state index contributed by atoms with van der Waals surface area (Å²) in [6.07, 6.45) is -0.779. The van der Waals surface area contributed by atoms with Gasteiger partial charge in [-0.2, -0.15) is 0 Å². The third-order valence-corrected chi connectivity index (χ3v) is 2.21. The van der Waals surface area contributed by atoms with Crippen molar-refractivity contribution in [3.8, 4) is 0 Å². The summed E-state index contributed by atoms with van der Waals surface area (Å²) in [6.45, 7) is 4.79. The average molecular weight is 289 g/mol. The van der Waals surface area contributed by atoms with Gasteiger partial charge in [0.1, 0.15) is 17.9 Å². The van der Waals surface area contributed by atoms with Crippen LogP contribution in [0, 0.1) is 17.5 Å². The summed E-state index contributed by atoms with van der Waals surface area (Å²) in [5, 5.41) is 2.07. The Labute approximate surface area is 113 Å². The van der Waals surface area contributed by atoms with Crippen LogP contribution in [0.4, 0.5) is 18.0 Å². The van der Waals surface area contributed by atoms with Crippen LogP contribution in [-0.4, -0.2) is 18.0 Å². The second-order valence-corrected chi connectivity index (χ2v) is 5.02. The molecule has 1 N–H and O–H groups in total. The number of hydrogen-bond acceptors (Lipinski definition) is 3. The molecule has 7 heteroatoms. The van der Waals surface area contributed by atoms with E-state index in [2.05, 4.69) is 5.32 Å². The van der Waals surface area contributed by atoms with E-state index in [9.17, 15) is 22.8 Å². The molecule has 0 spiro atoms. The summed E-state index contributed by atoms with van der Waals surface area (Å²) in [7, 11) is 0. The molecule has 0 aliphatic carbocycles. The Bertz CT molecular complexity index is 526. The van der Waals surface area contributed by atoms with Crippen molar-refractivity contribution < 1.29 is 27.5 Å². The maximum atomic E-state index is 13.5. The van der Waals surface area contributed by atoms with Gasteiger partial charge in [0.25, 0.3) is 0 Å². The van der Waals surface area contributed by atoms with E-state index in [0.29, 0.717) is 6.07 Å². The van der Waals surface area contributed by atoms with E-state index in [1.807, 2.05) is 0 Å². The van der Waals surface area contributed by atoms with Crippen LogP contribution in [0.5, 0.6) is 0 Å². The number of ether oxygens (including phenoxy) is 1. The van der Waals surface area contributed by atoms with Crippen molar-refractivity contribution in [1.82, 2.24) is 5.32 Å². The van der Waals surface area contributed by atoms with Crippen LogP contribution in [0.2, 0.25) is 0 Å². The molecule has 0 aromatic heterocycles. The van der Waals surface area contributed by atoms with Gasteiger partial charge in [0.15, 0.2) is 17.5 Å². The van der Waals surface area contributed by atoms with Crippen LogP contribution in [0.25, 0.3) is 0 Å². The minimum absolute atomic E-state index is 0.194. The first-order valence-electron chi connectivity index (χ1n) is 5.74. The molecule has 1 rings (SSSR count). The minimum Gasteiger partial charge on any atom is -0.444 e. The Balaban J connectivity index is 2.95. The van der Waals surface area contributed by atoms with E-state index in [1.54, 1.807) is 20.8 Å². The molecule has 110 valence electrons. The van der Waals surface area contributed by atoms with Crippen LogP contribution in [0.15, 0.2) is 12.1 Å². The molecule has 1 aromatic rings. The monoisotopic (exact) mass is 289 g/mol. The summed E-state index contributed by atoms with van der Waals surface area (Å²) in [4.78, 5) is 22.4. The zero-order valence-corrected chi connectivity index (χ0v) is 11.2. The van der Waals surface area contributed by atoms with Gasteiger partial charge in [0, 0.05) is 5.56 Å². The number of aldehydes is 1. The molecule has 0 aliphatic heterocycles. The highest BCUT2D eigenvalue weighted by Crippen LogP contribution is 2.21. The number of benzene rings is 1. The van der Waals surface area contributed by atoms with E-state index in [1.165, 1.54) is 0 Å². The van der Waals surface area contributed by atoms with Crippen molar-refractivity contribution in [2.75, 3.05) is 0 Å². The molecule has 0 radical (unpaired) electrons. The van der Waals surface area contributed by atoms with Gasteiger partial charge in [0.05, 0.1) is 0 Å². The fourth-order valence-corrected chi connectivity index (χ4v) is 1.40. The van der Waals surface area contributed by atoms with Crippen LogP contribution in [-0.2, 0) is 9.53 Å². The van der Waals surface area contributed by atoms with Crippen molar-refractivity contribution in [2.45, 2.75) is 32.4 Å². The molecule has 0 fully saturated rings. The number of amides is 1. The second kappa shape index (κ2) is 5.94. The number of alkyl carbamates (subject to hydrolysis) is 1. The minimum atomic E-state index is -1.71. The molecule has 20 heavy (non-hydrogen) atoms. The number of nitrogens with one attached hydrogen (secondary N) is 1. The Kier molecular flexibility index (Phi) is 4.75. The van der Waals surface area contributed by atoms with Crippen molar-refractivity contribution in [3.05, 3.63) is 35.1 Å². The summed E-state index contributed by atoms with van der Waals surface area (Å²) in [5.74, 6) is -4.62. The van der Waals surface area contributed by atoms with Crippen molar-refractivity contribution in [2.24, 2.45) is 0 Å². The highest BCUT2D eigenvalue weighted by atomic mass is 19.2. The first-order valence-corrected chi connectivity index (χ1v) is 5.74. The topological polar surface area (TPSA) is 55.4 Å². The number of carbonyl (C=O) groups is 2. The summed E-state index contributed by atoms with van der Waals surface area (Å²) in [6, 6.07) is 0.0746. The van der Waals surface area contributed by atoms with Crippen molar-refractivity contribution >= 4 is 12.4 Å². The lowest BCUT2D eigenvalue weighted by Crippen LogP contribution is -2.36. The van der Waals surface area contributed by atoms with Gasteiger partial charge >= 0.3 is 6.09 Å². The summed E-state index contributed by atoms with van der Waals surface area (Å²) >= 11 is 0. The van der Waals surface area contributed by atoms with Crippen LogP contribution in [0.3, 0.4) is 0 Å². The molecule has 1 amide bonds. The first kappa shape index (κ1) is 16.0. The van der Waals surface area contributed by atoms with Crippen LogP contribution < -0.4 is 5.32 Å². The molecule has 4 nitrogen and oxygen atoms in total. The normalized spacial score (nSPS) is 12.7. The predicted octanol–water partition coefficient (Wildman–Crippen LogP) is 2.87. The Hall–Kier alpha value is -2.05. The molecule has 1 unspecified atom stereocenters. The fraction of sp³-hybridized carbons (Fsp3) is 0.385. The highest BCUT2D eigenvalue weighted by molar-refractivity contribution is 5.74. The van der Waals surface area contributed by atoms with E-state index >= 15 is 0 Å². The van der Waals surface area contributed by atoms with E-state index in [0.717, 1.165) is 6.07 Å². The number of rotatable bonds is 3. The standard InChI is InChI=1S/C13H14F3NO3/c1-13(2,3)20-12(19)17-9(6-18)7-4-5-8(14)11(16)10(7)15/h4-6,9H,1-3H3,(H,17,19). The Morgan fingerprint density at radius 2 is 1.85 bits per heavy atom. The zero-order chi connectivity index (χ0) is 15.5. The summed E-state index contributed by atoms with van der Waals surface area (Å²) in [5.41, 5.74) is -1.30. The van der Waals surface area contributed by atoms with Crippen molar-refractivity contribution in [1.29, 1.82) is 0 Å². The third kappa shape index (κ3) is 3.97. The molecule has 1 atom stereocenters. The molecule has 1 aromatic carbocycles. The molecule has 0 aliphatic rings. The second-order valence-electron chi connectivity index (χ2n) is 5.02. The SMILES string of the molecule is CC(C)(C)OC(=O)NC(C=O)c1ccc(F)c(F)c1F. The zero-order valence-electron chi connectivity index (χ0n) is 11.2. The molecule has 0 saturated heterocycles. The van der Waals surface area contributed by atoms with E-state index in [-0.39, 0.29) is 6.29 Å². The van der Waals surface area contributed by atoms with Crippen LogP contribution in [0.1, 0.15) is 32.4 Å². The lowest BCUT2D eigenvalue weighted by molar-refractivity contribution is -0.109. The molecule has 0 saturated carbocycles. The first-order chi connectivity index (χ1) is 9.15. The Morgan fingerprint density at radius 1 is 1.25 bits per heavy atom. The van der Waals surface area contributed by atoms with E-state index < -0.39 is 40.8 Å². The van der Waals surface area contributed by atoms with Crippen LogP contribution >= 0.6 is 0 Å². The molecular formula is C13H14F3NO3. The summed E-state index contributed by atoms with van der Waals surface area (Å²) < 4.78 is 44.3. The van der Waals surface area contributed by atoms with Gasteiger partial charge in [-0.3, -0.25) is 0 Å². The van der Waals surface area contributed by atoms with Gasteiger partial charge in [-0.25, -0.2) is 18.0 Å². The predicted molar refractivity (Wildman–Crippen MR) is 64.5 cm³/mol. The lowest BCUT2D eigenvalue weighted by Gasteiger charge is -2.21. The van der Waals surface area contributed by atoms with E-state index in [4.69, 9.17) is 4.74 Å². The largest absolute Gasteiger partial charge is 0.444 e. The smallest absolute Gasteiger partial charge is 0.408 e. The van der Waals surface area contributed by atoms with Crippen molar-refractivity contribution in [3.63, 3.8) is 0 Å². The number of halogens is 3. The fourth-order valence-electron chi connectivity index (χ4n) is 1.40. The van der Waals surface area contributed by atoms with Gasteiger partial charge in [-0.05, 0) is 26.8 Å². The van der Waals surface area contributed by atoms with Gasteiger partial charge in [-0.1, -0.05) is 6.07 Å². The number of hydrogen-bond donors (Lipinski definition) is 1. The number of carbonyl (C=O) groups excluding carboxylic acids is 2. The van der Waals surface area contributed by atoms with Gasteiger partial charge < -0.3 is 14.8 Å². The Morgan fingerprint density at radius 3 is 2.35 bits per heavy atom. The molecule has 0 bridgehead atoms. The maximum absolute atomic E-state index is 13.5. The lowest BCUT2D eigenvalue weighted by atomic mass is 10.1. The average Bonchev–Trinajstić information content (AvgIpc) is 2.32. The molecular weight excluding hydrogens is 275 g/mol. The maximum Gasteiger partial charge on any atom is 0.408 e. The quantitative estimate of drug-likeness (QED) is 0.687. The van der Waals surface area contributed by atoms with Gasteiger partial charge in [0.2, 0.25) is 0 Å².